The second-order valence-electron chi connectivity index (χ2n) is 4.16. The summed E-state index contributed by atoms with van der Waals surface area (Å²) in [5.41, 5.74) is 0.971. The van der Waals surface area contributed by atoms with Gasteiger partial charge in [-0.25, -0.2) is 0 Å². The Morgan fingerprint density at radius 3 is 2.68 bits per heavy atom. The number of rotatable bonds is 3. The Bertz CT molecular complexity index is 566. The van der Waals surface area contributed by atoms with E-state index in [4.69, 9.17) is 4.74 Å². The molecule has 4 nitrogen and oxygen atoms in total. The minimum Gasteiger partial charge on any atom is -0.427 e. The second-order valence-corrected chi connectivity index (χ2v) is 5.22. The van der Waals surface area contributed by atoms with E-state index in [9.17, 15) is 9.59 Å². The van der Waals surface area contributed by atoms with Crippen LogP contribution in [-0.2, 0) is 9.59 Å². The number of ketones is 1. The fourth-order valence-corrected chi connectivity index (χ4v) is 3.12. The summed E-state index contributed by atoms with van der Waals surface area (Å²) in [4.78, 5) is 25.3. The van der Waals surface area contributed by atoms with Crippen LogP contribution in [0.15, 0.2) is 34.2 Å². The maximum atomic E-state index is 11.2. The van der Waals surface area contributed by atoms with Gasteiger partial charge in [-0.15, -0.1) is 0 Å². The molecular weight excluding hydrogens is 262 g/mol. The highest BCUT2D eigenvalue weighted by molar-refractivity contribution is 8.03. The fraction of sp³-hybridized carbons (Fsp3) is 0.286. The van der Waals surface area contributed by atoms with Crippen LogP contribution >= 0.6 is 11.8 Å². The molecule has 0 radical (unpaired) electrons. The standard InChI is InChI=1S/C14H15NO3S/c1-4-15-12-8-11(18-10(3)17)5-6-13(12)19-14(15)7-9(2)16/h5-8H,4H2,1-3H3. The van der Waals surface area contributed by atoms with Crippen LogP contribution in [0.2, 0.25) is 0 Å². The molecule has 19 heavy (non-hydrogen) atoms. The summed E-state index contributed by atoms with van der Waals surface area (Å²) in [6.45, 7) is 5.68. The summed E-state index contributed by atoms with van der Waals surface area (Å²) in [5.74, 6) is 0.205. The van der Waals surface area contributed by atoms with E-state index in [0.29, 0.717) is 5.75 Å². The lowest BCUT2D eigenvalue weighted by molar-refractivity contribution is -0.131. The molecule has 0 saturated heterocycles. The molecule has 1 heterocycles. The van der Waals surface area contributed by atoms with Crippen molar-refractivity contribution >= 4 is 29.2 Å². The van der Waals surface area contributed by atoms with E-state index in [1.54, 1.807) is 23.9 Å². The van der Waals surface area contributed by atoms with E-state index < -0.39 is 0 Å². The van der Waals surface area contributed by atoms with Crippen molar-refractivity contribution in [3.63, 3.8) is 0 Å². The van der Waals surface area contributed by atoms with E-state index in [2.05, 4.69) is 0 Å². The summed E-state index contributed by atoms with van der Waals surface area (Å²) in [7, 11) is 0. The van der Waals surface area contributed by atoms with Gasteiger partial charge in [0.05, 0.1) is 10.7 Å². The number of carbonyl (C=O) groups excluding carboxylic acids is 2. The number of esters is 1. The van der Waals surface area contributed by atoms with Crippen molar-refractivity contribution in [2.75, 3.05) is 11.4 Å². The molecule has 0 bridgehead atoms. The van der Waals surface area contributed by atoms with Gasteiger partial charge < -0.3 is 9.64 Å². The summed E-state index contributed by atoms with van der Waals surface area (Å²) >= 11 is 1.55. The number of nitrogens with zero attached hydrogens (tertiary/aromatic N) is 1. The minimum absolute atomic E-state index is 0.0222. The van der Waals surface area contributed by atoms with Gasteiger partial charge in [0.1, 0.15) is 5.75 Å². The third-order valence-electron chi connectivity index (χ3n) is 2.61. The van der Waals surface area contributed by atoms with Gasteiger partial charge in [-0.2, -0.15) is 0 Å². The van der Waals surface area contributed by atoms with Gasteiger partial charge in [-0.1, -0.05) is 11.8 Å². The Balaban J connectivity index is 2.37. The first-order chi connectivity index (χ1) is 9.01. The Kier molecular flexibility index (Phi) is 3.95. The SMILES string of the molecule is CCN1C(=CC(C)=O)Sc2ccc(OC(C)=O)cc21. The Hall–Kier alpha value is -1.75. The normalized spacial score (nSPS) is 15.5. The Morgan fingerprint density at radius 2 is 2.11 bits per heavy atom. The first-order valence-electron chi connectivity index (χ1n) is 6.01. The van der Waals surface area contributed by atoms with Crippen molar-refractivity contribution in [3.8, 4) is 5.75 Å². The summed E-state index contributed by atoms with van der Waals surface area (Å²) in [6.07, 6.45) is 1.62. The van der Waals surface area contributed by atoms with Gasteiger partial charge in [0, 0.05) is 30.5 Å². The first kappa shape index (κ1) is 13.7. The minimum atomic E-state index is -0.340. The third-order valence-corrected chi connectivity index (χ3v) is 3.72. The van der Waals surface area contributed by atoms with E-state index in [0.717, 1.165) is 22.2 Å². The molecule has 0 spiro atoms. The topological polar surface area (TPSA) is 46.6 Å². The Labute approximate surface area is 116 Å². The largest absolute Gasteiger partial charge is 0.427 e. The smallest absolute Gasteiger partial charge is 0.308 e. The van der Waals surface area contributed by atoms with Crippen molar-refractivity contribution in [2.45, 2.75) is 25.7 Å². The van der Waals surface area contributed by atoms with Crippen LogP contribution in [0, 0.1) is 0 Å². The average molecular weight is 277 g/mol. The second kappa shape index (κ2) is 5.48. The van der Waals surface area contributed by atoms with Crippen molar-refractivity contribution in [3.05, 3.63) is 29.3 Å². The molecule has 100 valence electrons. The molecule has 5 heteroatoms. The molecule has 0 N–H and O–H groups in total. The third kappa shape index (κ3) is 2.98. The molecule has 1 aliphatic rings. The zero-order chi connectivity index (χ0) is 14.0. The van der Waals surface area contributed by atoms with Crippen molar-refractivity contribution in [2.24, 2.45) is 0 Å². The molecule has 0 saturated carbocycles. The lowest BCUT2D eigenvalue weighted by Gasteiger charge is -2.18. The van der Waals surface area contributed by atoms with Gasteiger partial charge in [-0.05, 0) is 26.0 Å². The summed E-state index contributed by atoms with van der Waals surface area (Å²) in [5, 5.41) is 0.907. The number of benzene rings is 1. The number of fused-ring (bicyclic) bond motifs is 1. The van der Waals surface area contributed by atoms with E-state index in [-0.39, 0.29) is 11.8 Å². The fourth-order valence-electron chi connectivity index (χ4n) is 1.92. The highest BCUT2D eigenvalue weighted by atomic mass is 32.2. The number of hydrogen-bond acceptors (Lipinski definition) is 5. The monoisotopic (exact) mass is 277 g/mol. The molecule has 0 amide bonds. The number of thioether (sulfide) groups is 1. The number of allylic oxidation sites excluding steroid dienone is 1. The maximum absolute atomic E-state index is 11.2. The average Bonchev–Trinajstić information content (AvgIpc) is 2.63. The van der Waals surface area contributed by atoms with Crippen molar-refractivity contribution < 1.29 is 14.3 Å². The summed E-state index contributed by atoms with van der Waals surface area (Å²) in [6, 6.07) is 5.49. The molecule has 0 aliphatic carbocycles. The van der Waals surface area contributed by atoms with Gasteiger partial charge >= 0.3 is 5.97 Å². The number of ether oxygens (including phenoxy) is 1. The molecular formula is C14H15NO3S. The highest BCUT2D eigenvalue weighted by Crippen LogP contribution is 2.47. The maximum Gasteiger partial charge on any atom is 0.308 e. The van der Waals surface area contributed by atoms with Crippen LogP contribution in [0.4, 0.5) is 5.69 Å². The van der Waals surface area contributed by atoms with Crippen LogP contribution in [0.3, 0.4) is 0 Å². The van der Waals surface area contributed by atoms with Gasteiger partial charge in [0.15, 0.2) is 5.78 Å². The van der Waals surface area contributed by atoms with Crippen LogP contribution in [0.1, 0.15) is 20.8 Å². The first-order valence-corrected chi connectivity index (χ1v) is 6.83. The number of carbonyl (C=O) groups is 2. The van der Waals surface area contributed by atoms with E-state index in [1.807, 2.05) is 24.0 Å². The van der Waals surface area contributed by atoms with Crippen molar-refractivity contribution in [1.29, 1.82) is 0 Å². The quantitative estimate of drug-likeness (QED) is 0.483. The zero-order valence-corrected chi connectivity index (χ0v) is 11.9. The zero-order valence-electron chi connectivity index (χ0n) is 11.1. The van der Waals surface area contributed by atoms with Gasteiger partial charge in [-0.3, -0.25) is 9.59 Å². The predicted molar refractivity (Wildman–Crippen MR) is 75.4 cm³/mol. The van der Waals surface area contributed by atoms with Gasteiger partial charge in [0.25, 0.3) is 0 Å². The molecule has 1 aromatic rings. The van der Waals surface area contributed by atoms with Crippen LogP contribution in [0.25, 0.3) is 0 Å². The predicted octanol–water partition coefficient (Wildman–Crippen LogP) is 2.97. The lowest BCUT2D eigenvalue weighted by atomic mass is 10.2. The lowest BCUT2D eigenvalue weighted by Crippen LogP contribution is -2.17. The molecule has 1 aromatic carbocycles. The molecule has 0 aromatic heterocycles. The van der Waals surface area contributed by atoms with E-state index >= 15 is 0 Å². The van der Waals surface area contributed by atoms with E-state index in [1.165, 1.54) is 13.8 Å². The van der Waals surface area contributed by atoms with Crippen LogP contribution in [0.5, 0.6) is 5.75 Å². The van der Waals surface area contributed by atoms with Gasteiger partial charge in [0.2, 0.25) is 0 Å². The van der Waals surface area contributed by atoms with Crippen LogP contribution < -0.4 is 9.64 Å². The molecule has 2 rings (SSSR count). The summed E-state index contributed by atoms with van der Waals surface area (Å²) < 4.78 is 5.09. The highest BCUT2D eigenvalue weighted by Gasteiger charge is 2.24. The number of anilines is 1. The molecule has 1 aliphatic heterocycles. The Morgan fingerprint density at radius 1 is 1.37 bits per heavy atom. The van der Waals surface area contributed by atoms with Crippen molar-refractivity contribution in [1.82, 2.24) is 0 Å². The molecule has 0 fully saturated rings. The molecule has 0 unspecified atom stereocenters. The molecule has 0 atom stereocenters. The van der Waals surface area contributed by atoms with Crippen LogP contribution in [-0.4, -0.2) is 18.3 Å². The number of hydrogen-bond donors (Lipinski definition) is 0.